The molecule has 1 atom stereocenters. The van der Waals surface area contributed by atoms with Crippen LogP contribution in [0.25, 0.3) is 10.2 Å². The van der Waals surface area contributed by atoms with Gasteiger partial charge in [-0.25, -0.2) is 14.0 Å². The Morgan fingerprint density at radius 2 is 1.72 bits per heavy atom. The van der Waals surface area contributed by atoms with E-state index in [2.05, 4.69) is 19.9 Å². The highest BCUT2D eigenvalue weighted by atomic mass is 32.1. The first-order chi connectivity index (χ1) is 26.9. The lowest BCUT2D eigenvalue weighted by molar-refractivity contribution is -0.205. The van der Waals surface area contributed by atoms with Crippen LogP contribution < -0.4 is 14.9 Å². The number of fused-ring (bicyclic) bond motifs is 1. The first-order valence-electron chi connectivity index (χ1n) is 17.9. The fraction of sp³-hybridized carbons (Fsp3) is 0.459. The van der Waals surface area contributed by atoms with E-state index in [1.165, 1.54) is 12.1 Å². The molecule has 1 spiro atoms. The molecule has 308 valence electrons. The van der Waals surface area contributed by atoms with Crippen LogP contribution in [0.2, 0.25) is 0 Å². The van der Waals surface area contributed by atoms with Crippen LogP contribution in [-0.2, 0) is 38.4 Å². The predicted octanol–water partition coefficient (Wildman–Crippen LogP) is 6.31. The highest BCUT2D eigenvalue weighted by Gasteiger charge is 2.44. The number of ether oxygens (including phenoxy) is 3. The van der Waals surface area contributed by atoms with E-state index in [0.29, 0.717) is 80.2 Å². The first-order valence-corrected chi connectivity index (χ1v) is 19.6. The number of amides is 1. The van der Waals surface area contributed by atoms with Crippen LogP contribution in [0, 0.1) is 5.82 Å². The number of piperidine rings is 1. The highest BCUT2D eigenvalue weighted by Crippen LogP contribution is 2.36. The van der Waals surface area contributed by atoms with Gasteiger partial charge in [0, 0.05) is 48.5 Å². The predicted molar refractivity (Wildman–Crippen MR) is 195 cm³/mol. The molecule has 11 nitrogen and oxygen atoms in total. The Morgan fingerprint density at radius 1 is 1.00 bits per heavy atom. The monoisotopic (exact) mass is 846 g/mol. The third-order valence-electron chi connectivity index (χ3n) is 9.73. The van der Waals surface area contributed by atoms with Crippen molar-refractivity contribution in [1.29, 1.82) is 0 Å². The molecule has 1 amide bonds. The second kappa shape index (κ2) is 17.2. The van der Waals surface area contributed by atoms with Gasteiger partial charge in [-0.3, -0.25) is 14.5 Å². The maximum atomic E-state index is 14.8. The molecule has 20 heteroatoms. The second-order valence-corrected chi connectivity index (χ2v) is 15.7. The van der Waals surface area contributed by atoms with Gasteiger partial charge in [0.1, 0.15) is 17.4 Å². The normalized spacial score (nSPS) is 16.9. The fourth-order valence-electron chi connectivity index (χ4n) is 6.91. The smallest absolute Gasteiger partial charge is 0.449 e. The van der Waals surface area contributed by atoms with Crippen LogP contribution in [0.4, 0.5) is 30.7 Å². The number of likely N-dealkylation sites (tertiary alicyclic amines) is 1. The number of benzene rings is 2. The van der Waals surface area contributed by atoms with Crippen molar-refractivity contribution in [2.45, 2.75) is 63.2 Å². The summed E-state index contributed by atoms with van der Waals surface area (Å²) in [6, 6.07) is 8.31. The Morgan fingerprint density at radius 3 is 2.40 bits per heavy atom. The van der Waals surface area contributed by atoms with E-state index in [-0.39, 0.29) is 29.1 Å². The van der Waals surface area contributed by atoms with Gasteiger partial charge in [-0.2, -0.15) is 26.3 Å². The summed E-state index contributed by atoms with van der Waals surface area (Å²) in [6.07, 6.45) is -10.1. The lowest BCUT2D eigenvalue weighted by atomic mass is 9.89. The number of carbonyl (C=O) groups is 3. The lowest BCUT2D eigenvalue weighted by Gasteiger charge is -2.47. The number of aromatic amines is 1. The molecule has 2 aliphatic rings. The number of H-pyrrole nitrogens is 1. The number of alkyl halides is 6. The van der Waals surface area contributed by atoms with Gasteiger partial charge in [0.15, 0.2) is 5.75 Å². The molecule has 0 bridgehead atoms. The lowest BCUT2D eigenvalue weighted by Crippen LogP contribution is -2.57. The van der Waals surface area contributed by atoms with Crippen LogP contribution in [0.5, 0.6) is 5.75 Å². The maximum Gasteiger partial charge on any atom is 0.491 e. The topological polar surface area (TPSA) is 130 Å². The van der Waals surface area contributed by atoms with Gasteiger partial charge in [-0.1, -0.05) is 24.3 Å². The number of rotatable bonds is 12. The molecule has 0 unspecified atom stereocenters. The zero-order valence-corrected chi connectivity index (χ0v) is 32.0. The number of aromatic nitrogens is 1. The summed E-state index contributed by atoms with van der Waals surface area (Å²) in [5.41, 5.74) is 0.906. The Hall–Kier alpha value is -4.37. The standard InChI is InChI=1S/C37H37F7N4O7S2/c1-2-25-16-23(19-56-25)31(49)48-11-12-53-35(20-48)6-9-47(10-7-35)18-22-13-21(14-24(38)15-22)5-8-45-17-28(55-33(51)37(42,43)44)26-3-4-27(54-32(50)36(39,40)41)29-30(26)57-34(52)46-29/h3-4,13-16,19,28,45H,2,5-12,17-18,20H2,1H3,(H,46,52)/t28-/m0/s1. The average Bonchev–Trinajstić information content (AvgIpc) is 3.80. The fourth-order valence-corrected chi connectivity index (χ4v) is 8.63. The van der Waals surface area contributed by atoms with E-state index >= 15 is 0 Å². The molecule has 2 saturated heterocycles. The van der Waals surface area contributed by atoms with E-state index in [9.17, 15) is 49.9 Å². The van der Waals surface area contributed by atoms with Crippen molar-refractivity contribution in [1.82, 2.24) is 20.1 Å². The highest BCUT2D eigenvalue weighted by molar-refractivity contribution is 7.16. The third kappa shape index (κ3) is 10.4. The van der Waals surface area contributed by atoms with Gasteiger partial charge in [0.2, 0.25) is 0 Å². The zero-order valence-electron chi connectivity index (χ0n) is 30.3. The van der Waals surface area contributed by atoms with Crippen molar-refractivity contribution in [3.05, 3.63) is 84.4 Å². The van der Waals surface area contributed by atoms with E-state index in [0.717, 1.165) is 23.4 Å². The van der Waals surface area contributed by atoms with Gasteiger partial charge in [0.25, 0.3) is 5.91 Å². The molecule has 0 saturated carbocycles. The van der Waals surface area contributed by atoms with Gasteiger partial charge in [0.05, 0.1) is 29.0 Å². The minimum atomic E-state index is -5.40. The van der Waals surface area contributed by atoms with Crippen molar-refractivity contribution in [2.75, 3.05) is 45.9 Å². The number of halogens is 7. The minimum Gasteiger partial charge on any atom is -0.449 e. The molecule has 57 heavy (non-hydrogen) atoms. The number of aryl methyl sites for hydroxylation is 1. The Balaban J connectivity index is 1.07. The van der Waals surface area contributed by atoms with Crippen molar-refractivity contribution in [3.8, 4) is 5.75 Å². The SMILES string of the molecule is CCc1cc(C(=O)N2CCOC3(CCN(Cc4cc(F)cc(CCNC[C@H](OC(=O)C(F)(F)F)c5ccc(OC(=O)C(F)(F)F)c6[nH]c(=O)sc56)c4)CC3)C2)cs1. The van der Waals surface area contributed by atoms with Gasteiger partial charge in [-0.05, 0) is 73.7 Å². The number of nitrogens with zero attached hydrogens (tertiary/aromatic N) is 2. The number of hydrogen-bond donors (Lipinski definition) is 2. The Kier molecular flexibility index (Phi) is 12.8. The summed E-state index contributed by atoms with van der Waals surface area (Å²) < 4.78 is 108. The quantitative estimate of drug-likeness (QED) is 0.0730. The Labute approximate surface area is 328 Å². The number of nitrogens with one attached hydrogen (secondary N) is 2. The largest absolute Gasteiger partial charge is 0.491 e. The molecule has 2 fully saturated rings. The van der Waals surface area contributed by atoms with E-state index in [1.807, 2.05) is 23.3 Å². The molecule has 2 N–H and O–H groups in total. The van der Waals surface area contributed by atoms with Crippen molar-refractivity contribution in [2.24, 2.45) is 0 Å². The van der Waals surface area contributed by atoms with Gasteiger partial charge < -0.3 is 29.4 Å². The molecule has 2 aromatic heterocycles. The van der Waals surface area contributed by atoms with E-state index in [4.69, 9.17) is 9.47 Å². The summed E-state index contributed by atoms with van der Waals surface area (Å²) in [5, 5.41) is 4.76. The van der Waals surface area contributed by atoms with Crippen molar-refractivity contribution in [3.63, 3.8) is 0 Å². The molecule has 2 aliphatic heterocycles. The molecule has 0 aliphatic carbocycles. The zero-order chi connectivity index (χ0) is 41.1. The van der Waals surface area contributed by atoms with E-state index in [1.54, 1.807) is 17.4 Å². The summed E-state index contributed by atoms with van der Waals surface area (Å²) in [5.74, 6) is -6.35. The molecular formula is C37H37F7N4O7S2. The molecule has 4 heterocycles. The van der Waals surface area contributed by atoms with Crippen LogP contribution in [0.15, 0.2) is 46.6 Å². The average molecular weight is 847 g/mol. The molecular weight excluding hydrogens is 810 g/mol. The Bertz CT molecular complexity index is 2160. The van der Waals surface area contributed by atoms with Gasteiger partial charge >= 0.3 is 29.2 Å². The minimum absolute atomic E-state index is 0.00205. The van der Waals surface area contributed by atoms with Crippen LogP contribution >= 0.6 is 22.7 Å². The third-order valence-corrected chi connectivity index (χ3v) is 11.7. The van der Waals surface area contributed by atoms with Crippen molar-refractivity contribution >= 4 is 50.7 Å². The number of morpholine rings is 1. The summed E-state index contributed by atoms with van der Waals surface area (Å²) in [6.45, 7) is 4.86. The summed E-state index contributed by atoms with van der Waals surface area (Å²) >= 11 is 1.97. The summed E-state index contributed by atoms with van der Waals surface area (Å²) in [4.78, 5) is 55.3. The molecule has 0 radical (unpaired) electrons. The molecule has 2 aromatic carbocycles. The number of thiophene rings is 1. The molecule has 6 rings (SSSR count). The van der Waals surface area contributed by atoms with Gasteiger partial charge in [-0.15, -0.1) is 11.3 Å². The number of hydrogen-bond acceptors (Lipinski definition) is 11. The van der Waals surface area contributed by atoms with Crippen molar-refractivity contribution < 1.29 is 59.3 Å². The number of thiazole rings is 1. The summed E-state index contributed by atoms with van der Waals surface area (Å²) in [7, 11) is 0. The first kappa shape index (κ1) is 42.2. The van der Waals surface area contributed by atoms with Crippen LogP contribution in [-0.4, -0.2) is 96.5 Å². The maximum absolute atomic E-state index is 14.8. The number of esters is 2. The van der Waals surface area contributed by atoms with Crippen LogP contribution in [0.3, 0.4) is 0 Å². The molecule has 4 aromatic rings. The number of carbonyl (C=O) groups excluding carboxylic acids is 3. The van der Waals surface area contributed by atoms with Crippen LogP contribution in [0.1, 0.15) is 57.8 Å². The second-order valence-electron chi connectivity index (χ2n) is 13.8. The van der Waals surface area contributed by atoms with E-state index < -0.39 is 64.5 Å².